The van der Waals surface area contributed by atoms with Crippen molar-refractivity contribution in [3.8, 4) is 0 Å². The van der Waals surface area contributed by atoms with Crippen LogP contribution >= 0.6 is 11.6 Å². The fourth-order valence-electron chi connectivity index (χ4n) is 2.49. The zero-order valence-electron chi connectivity index (χ0n) is 9.90. The molecule has 0 amide bonds. The van der Waals surface area contributed by atoms with Gasteiger partial charge in [-0.1, -0.05) is 24.3 Å². The molecule has 0 heterocycles. The molecular formula is C13H17ClO2S. The van der Waals surface area contributed by atoms with Crippen LogP contribution in [0.5, 0.6) is 0 Å². The van der Waals surface area contributed by atoms with Crippen LogP contribution in [0.15, 0.2) is 24.3 Å². The molecule has 2 rings (SSSR count). The maximum Gasteiger partial charge on any atom is 0.147 e. The van der Waals surface area contributed by atoms with Crippen LogP contribution in [0.1, 0.15) is 29.3 Å². The highest BCUT2D eigenvalue weighted by atomic mass is 35.5. The van der Waals surface area contributed by atoms with E-state index >= 15 is 0 Å². The predicted molar refractivity (Wildman–Crippen MR) is 71.2 cm³/mol. The van der Waals surface area contributed by atoms with Crippen LogP contribution in [0.2, 0.25) is 0 Å². The highest BCUT2D eigenvalue weighted by molar-refractivity contribution is 7.90. The second-order valence-corrected chi connectivity index (χ2v) is 7.57. The van der Waals surface area contributed by atoms with E-state index in [2.05, 4.69) is 12.1 Å². The summed E-state index contributed by atoms with van der Waals surface area (Å²) in [5.74, 6) is 0.652. The van der Waals surface area contributed by atoms with E-state index in [1.165, 1.54) is 17.4 Å². The number of sulfone groups is 1. The molecule has 0 radical (unpaired) electrons. The molecule has 2 nitrogen and oxygen atoms in total. The van der Waals surface area contributed by atoms with E-state index in [1.807, 2.05) is 12.1 Å². The Morgan fingerprint density at radius 2 is 2.06 bits per heavy atom. The van der Waals surface area contributed by atoms with E-state index in [0.29, 0.717) is 12.3 Å². The zero-order valence-corrected chi connectivity index (χ0v) is 11.5. The largest absolute Gasteiger partial charge is 0.229 e. The zero-order chi connectivity index (χ0) is 12.5. The molecule has 0 aromatic heterocycles. The third-order valence-corrected chi connectivity index (χ3v) is 4.96. The second kappa shape index (κ2) is 4.99. The summed E-state index contributed by atoms with van der Waals surface area (Å²) in [6.07, 6.45) is 3.86. The number of hydrogen-bond donors (Lipinski definition) is 0. The molecule has 2 unspecified atom stereocenters. The molecule has 1 aliphatic carbocycles. The van der Waals surface area contributed by atoms with Crippen molar-refractivity contribution in [1.82, 2.24) is 0 Å². The molecule has 1 aliphatic rings. The molecule has 0 spiro atoms. The first-order chi connectivity index (χ1) is 7.97. The van der Waals surface area contributed by atoms with Crippen molar-refractivity contribution in [2.24, 2.45) is 5.92 Å². The number of alkyl halides is 1. The van der Waals surface area contributed by atoms with Crippen LogP contribution in [0.3, 0.4) is 0 Å². The normalized spacial score (nSPS) is 23.6. The molecule has 4 heteroatoms. The van der Waals surface area contributed by atoms with Crippen LogP contribution in [0.25, 0.3) is 0 Å². The Hall–Kier alpha value is -0.540. The minimum absolute atomic E-state index is 0.0470. The number of halogens is 1. The Morgan fingerprint density at radius 3 is 2.71 bits per heavy atom. The van der Waals surface area contributed by atoms with Gasteiger partial charge in [-0.25, -0.2) is 8.42 Å². The minimum Gasteiger partial charge on any atom is -0.229 e. The lowest BCUT2D eigenvalue weighted by Crippen LogP contribution is -2.08. The first-order valence-corrected chi connectivity index (χ1v) is 8.36. The van der Waals surface area contributed by atoms with Crippen molar-refractivity contribution in [3.05, 3.63) is 35.4 Å². The van der Waals surface area contributed by atoms with Gasteiger partial charge in [0, 0.05) is 12.0 Å². The summed E-state index contributed by atoms with van der Waals surface area (Å²) >= 11 is 6.41. The van der Waals surface area contributed by atoms with Gasteiger partial charge in [-0.05, 0) is 36.3 Å². The number of fused-ring (bicyclic) bond motifs is 1. The van der Waals surface area contributed by atoms with Crippen LogP contribution in [0.4, 0.5) is 0 Å². The highest BCUT2D eigenvalue weighted by Gasteiger charge is 2.30. The lowest BCUT2D eigenvalue weighted by atomic mass is 10.0. The summed E-state index contributed by atoms with van der Waals surface area (Å²) < 4.78 is 22.1. The Morgan fingerprint density at radius 1 is 1.35 bits per heavy atom. The molecule has 0 fully saturated rings. The Labute approximate surface area is 108 Å². The Bertz CT molecular complexity index is 496. The van der Waals surface area contributed by atoms with Gasteiger partial charge in [-0.3, -0.25) is 0 Å². The second-order valence-electron chi connectivity index (χ2n) is 4.84. The van der Waals surface area contributed by atoms with Crippen molar-refractivity contribution in [3.63, 3.8) is 0 Å². The van der Waals surface area contributed by atoms with E-state index < -0.39 is 9.84 Å². The Balaban J connectivity index is 1.94. The van der Waals surface area contributed by atoms with Gasteiger partial charge in [0.25, 0.3) is 0 Å². The fraction of sp³-hybridized carbons (Fsp3) is 0.538. The smallest absolute Gasteiger partial charge is 0.147 e. The van der Waals surface area contributed by atoms with Crippen LogP contribution in [0, 0.1) is 5.92 Å². The number of rotatable bonds is 4. The van der Waals surface area contributed by atoms with E-state index in [-0.39, 0.29) is 11.1 Å². The fourth-order valence-corrected chi connectivity index (χ4v) is 3.60. The van der Waals surface area contributed by atoms with Gasteiger partial charge in [0.05, 0.1) is 5.38 Å². The molecule has 0 saturated heterocycles. The summed E-state index contributed by atoms with van der Waals surface area (Å²) in [5, 5.41) is 0.0470. The Kier molecular flexibility index (Phi) is 3.79. The molecule has 0 bridgehead atoms. The lowest BCUT2D eigenvalue weighted by molar-refractivity contribution is 0.492. The van der Waals surface area contributed by atoms with E-state index in [1.54, 1.807) is 0 Å². The van der Waals surface area contributed by atoms with E-state index in [4.69, 9.17) is 11.6 Å². The highest BCUT2D eigenvalue weighted by Crippen LogP contribution is 2.42. The van der Waals surface area contributed by atoms with Gasteiger partial charge in [-0.15, -0.1) is 11.6 Å². The standard InChI is InChI=1S/C13H17ClO2S/c1-17(15,16)8-4-6-11-9-10-5-2-3-7-12(10)13(11)14/h2-3,5,7,11,13H,4,6,8-9H2,1H3. The van der Waals surface area contributed by atoms with Gasteiger partial charge in [0.2, 0.25) is 0 Å². The third-order valence-electron chi connectivity index (χ3n) is 3.34. The molecule has 17 heavy (non-hydrogen) atoms. The molecule has 1 aromatic rings. The maximum atomic E-state index is 11.1. The van der Waals surface area contributed by atoms with Crippen molar-refractivity contribution in [1.29, 1.82) is 0 Å². The van der Waals surface area contributed by atoms with Gasteiger partial charge in [-0.2, -0.15) is 0 Å². The molecular weight excluding hydrogens is 256 g/mol. The van der Waals surface area contributed by atoms with Crippen molar-refractivity contribution < 1.29 is 8.42 Å². The topological polar surface area (TPSA) is 34.1 Å². The predicted octanol–water partition coefficient (Wildman–Crippen LogP) is 2.96. The average molecular weight is 273 g/mol. The quantitative estimate of drug-likeness (QED) is 0.790. The summed E-state index contributed by atoms with van der Waals surface area (Å²) in [7, 11) is -2.84. The van der Waals surface area contributed by atoms with Crippen molar-refractivity contribution >= 4 is 21.4 Å². The van der Waals surface area contributed by atoms with Crippen LogP contribution in [-0.4, -0.2) is 20.4 Å². The maximum absolute atomic E-state index is 11.1. The van der Waals surface area contributed by atoms with Gasteiger partial charge < -0.3 is 0 Å². The first-order valence-electron chi connectivity index (χ1n) is 5.87. The van der Waals surface area contributed by atoms with Crippen LogP contribution in [-0.2, 0) is 16.3 Å². The monoisotopic (exact) mass is 272 g/mol. The first kappa shape index (κ1) is 12.9. The number of benzene rings is 1. The van der Waals surface area contributed by atoms with Gasteiger partial charge in [0.1, 0.15) is 9.84 Å². The van der Waals surface area contributed by atoms with Gasteiger partial charge >= 0.3 is 0 Å². The summed E-state index contributed by atoms with van der Waals surface area (Å²) in [6, 6.07) is 8.22. The lowest BCUT2D eigenvalue weighted by Gasteiger charge is -2.13. The molecule has 0 saturated carbocycles. The average Bonchev–Trinajstić information content (AvgIpc) is 2.55. The van der Waals surface area contributed by atoms with Crippen molar-refractivity contribution in [2.75, 3.05) is 12.0 Å². The van der Waals surface area contributed by atoms with Gasteiger partial charge in [0.15, 0.2) is 0 Å². The molecule has 0 N–H and O–H groups in total. The number of hydrogen-bond acceptors (Lipinski definition) is 2. The van der Waals surface area contributed by atoms with Crippen LogP contribution < -0.4 is 0 Å². The third kappa shape index (κ3) is 3.23. The summed E-state index contributed by atoms with van der Waals surface area (Å²) in [5.41, 5.74) is 2.54. The van der Waals surface area contributed by atoms with E-state index in [0.717, 1.165) is 12.8 Å². The SMILES string of the molecule is CS(=O)(=O)CCCC1Cc2ccccc2C1Cl. The molecule has 1 aromatic carbocycles. The van der Waals surface area contributed by atoms with Crippen molar-refractivity contribution in [2.45, 2.75) is 24.6 Å². The molecule has 2 atom stereocenters. The summed E-state index contributed by atoms with van der Waals surface area (Å²) in [6.45, 7) is 0. The molecule has 94 valence electrons. The van der Waals surface area contributed by atoms with E-state index in [9.17, 15) is 8.42 Å². The molecule has 0 aliphatic heterocycles. The summed E-state index contributed by atoms with van der Waals surface area (Å²) in [4.78, 5) is 0. The minimum atomic E-state index is -2.84.